The zero-order chi connectivity index (χ0) is 14.8. The number of hydrogen-bond donors (Lipinski definition) is 3. The molecule has 3 rings (SSSR count). The maximum Gasteiger partial charge on any atom is 0.257 e. The smallest absolute Gasteiger partial charge is 0.257 e. The fraction of sp³-hybridized carbons (Fsp3) is 0.133. The molecule has 0 aromatic heterocycles. The summed E-state index contributed by atoms with van der Waals surface area (Å²) in [5, 5.41) is 8.91. The largest absolute Gasteiger partial charge is 0.382 e. The average Bonchev–Trinajstić information content (AvgIpc) is 2.50. The van der Waals surface area contributed by atoms with Crippen molar-refractivity contribution in [2.75, 3.05) is 29.0 Å². The monoisotopic (exact) mass is 289 g/mol. The number of halogens is 2. The summed E-state index contributed by atoms with van der Waals surface area (Å²) >= 11 is 0. The van der Waals surface area contributed by atoms with Crippen LogP contribution in [0.15, 0.2) is 36.4 Å². The van der Waals surface area contributed by atoms with E-state index in [2.05, 4.69) is 16.0 Å². The van der Waals surface area contributed by atoms with Crippen molar-refractivity contribution in [3.8, 4) is 0 Å². The number of amides is 1. The normalized spacial score (nSPS) is 12.9. The molecule has 0 unspecified atom stereocenters. The third-order valence-electron chi connectivity index (χ3n) is 3.23. The van der Waals surface area contributed by atoms with Crippen molar-refractivity contribution in [3.63, 3.8) is 0 Å². The summed E-state index contributed by atoms with van der Waals surface area (Å²) in [5.41, 5.74) is 2.22. The van der Waals surface area contributed by atoms with E-state index in [1.165, 1.54) is 6.07 Å². The Morgan fingerprint density at radius 3 is 2.67 bits per heavy atom. The zero-order valence-corrected chi connectivity index (χ0v) is 11.0. The Labute approximate surface area is 120 Å². The van der Waals surface area contributed by atoms with Crippen molar-refractivity contribution in [1.29, 1.82) is 0 Å². The summed E-state index contributed by atoms with van der Waals surface area (Å²) in [6.45, 7) is 1.49. The Balaban J connectivity index is 1.87. The molecule has 0 radical (unpaired) electrons. The van der Waals surface area contributed by atoms with Crippen LogP contribution in [0, 0.1) is 11.6 Å². The predicted octanol–water partition coefficient (Wildman–Crippen LogP) is 3.05. The molecule has 2 aromatic rings. The van der Waals surface area contributed by atoms with E-state index in [0.717, 1.165) is 24.4 Å². The number of para-hydroxylation sites is 1. The number of nitrogens with one attached hydrogen (secondary N) is 3. The molecule has 0 aliphatic carbocycles. The minimum atomic E-state index is -0.998. The Hall–Kier alpha value is -2.63. The second kappa shape index (κ2) is 5.40. The Bertz CT molecular complexity index is 703. The van der Waals surface area contributed by atoms with Gasteiger partial charge in [-0.15, -0.1) is 0 Å². The van der Waals surface area contributed by atoms with Crippen LogP contribution in [0.1, 0.15) is 10.4 Å². The van der Waals surface area contributed by atoms with Gasteiger partial charge in [-0.05, 0) is 24.3 Å². The molecule has 3 N–H and O–H groups in total. The van der Waals surface area contributed by atoms with Gasteiger partial charge in [0.1, 0.15) is 0 Å². The number of fused-ring (bicyclic) bond motifs is 1. The van der Waals surface area contributed by atoms with Crippen LogP contribution in [-0.2, 0) is 0 Å². The molecule has 1 heterocycles. The molecular weight excluding hydrogens is 276 g/mol. The van der Waals surface area contributed by atoms with E-state index in [9.17, 15) is 13.6 Å². The van der Waals surface area contributed by atoms with Crippen LogP contribution in [0.5, 0.6) is 0 Å². The standard InChI is InChI=1S/C15H13F2N3O/c16-11-5-4-9(8-12(11)17)20-15(21)10-2-1-3-13-14(10)19-7-6-18-13/h1-5,8,18-19H,6-7H2,(H,20,21). The van der Waals surface area contributed by atoms with E-state index in [-0.39, 0.29) is 11.6 Å². The van der Waals surface area contributed by atoms with Gasteiger partial charge in [0.2, 0.25) is 0 Å². The fourth-order valence-electron chi connectivity index (χ4n) is 2.24. The van der Waals surface area contributed by atoms with Gasteiger partial charge in [-0.3, -0.25) is 4.79 Å². The van der Waals surface area contributed by atoms with E-state index in [1.54, 1.807) is 12.1 Å². The lowest BCUT2D eigenvalue weighted by Crippen LogP contribution is -2.24. The highest BCUT2D eigenvalue weighted by molar-refractivity contribution is 6.10. The number of carbonyl (C=O) groups excluding carboxylic acids is 1. The number of anilines is 3. The second-order valence-corrected chi connectivity index (χ2v) is 4.66. The first kappa shape index (κ1) is 13.4. The predicted molar refractivity (Wildman–Crippen MR) is 77.7 cm³/mol. The SMILES string of the molecule is O=C(Nc1ccc(F)c(F)c1)c1cccc2c1NCCN2. The van der Waals surface area contributed by atoms with Crippen LogP contribution in [-0.4, -0.2) is 19.0 Å². The molecular formula is C15H13F2N3O. The van der Waals surface area contributed by atoms with Crippen LogP contribution in [0.3, 0.4) is 0 Å². The van der Waals surface area contributed by atoms with Crippen LogP contribution in [0.2, 0.25) is 0 Å². The van der Waals surface area contributed by atoms with Gasteiger partial charge in [0, 0.05) is 24.8 Å². The molecule has 2 aromatic carbocycles. The van der Waals surface area contributed by atoms with Gasteiger partial charge in [0.25, 0.3) is 5.91 Å². The van der Waals surface area contributed by atoms with Gasteiger partial charge in [-0.2, -0.15) is 0 Å². The molecule has 0 bridgehead atoms. The third-order valence-corrected chi connectivity index (χ3v) is 3.23. The van der Waals surface area contributed by atoms with Gasteiger partial charge < -0.3 is 16.0 Å². The summed E-state index contributed by atoms with van der Waals surface area (Å²) in [7, 11) is 0. The number of rotatable bonds is 2. The van der Waals surface area contributed by atoms with Gasteiger partial charge in [-0.1, -0.05) is 6.07 Å². The van der Waals surface area contributed by atoms with E-state index < -0.39 is 11.6 Å². The lowest BCUT2D eigenvalue weighted by atomic mass is 10.1. The molecule has 0 saturated carbocycles. The van der Waals surface area contributed by atoms with E-state index >= 15 is 0 Å². The van der Waals surface area contributed by atoms with Crippen LogP contribution >= 0.6 is 0 Å². The summed E-state index contributed by atoms with van der Waals surface area (Å²) in [5.74, 6) is -2.33. The van der Waals surface area contributed by atoms with Crippen molar-refractivity contribution in [2.45, 2.75) is 0 Å². The van der Waals surface area contributed by atoms with E-state index in [1.807, 2.05) is 6.07 Å². The topological polar surface area (TPSA) is 53.2 Å². The van der Waals surface area contributed by atoms with Gasteiger partial charge in [0.15, 0.2) is 11.6 Å². The minimum Gasteiger partial charge on any atom is -0.382 e. The lowest BCUT2D eigenvalue weighted by molar-refractivity contribution is 0.102. The summed E-state index contributed by atoms with van der Waals surface area (Å²) in [4.78, 5) is 12.3. The van der Waals surface area contributed by atoms with Crippen LogP contribution in [0.25, 0.3) is 0 Å². The van der Waals surface area contributed by atoms with E-state index in [0.29, 0.717) is 17.8 Å². The Kier molecular flexibility index (Phi) is 3.43. The molecule has 0 atom stereocenters. The molecule has 0 spiro atoms. The van der Waals surface area contributed by atoms with Gasteiger partial charge in [-0.25, -0.2) is 8.78 Å². The molecule has 108 valence electrons. The maximum atomic E-state index is 13.2. The summed E-state index contributed by atoms with van der Waals surface area (Å²) in [6.07, 6.45) is 0. The average molecular weight is 289 g/mol. The van der Waals surface area contributed by atoms with Gasteiger partial charge in [0.05, 0.1) is 16.9 Å². The minimum absolute atomic E-state index is 0.209. The first-order chi connectivity index (χ1) is 10.1. The van der Waals surface area contributed by atoms with Crippen molar-refractivity contribution in [1.82, 2.24) is 0 Å². The maximum absolute atomic E-state index is 13.2. The Morgan fingerprint density at radius 1 is 1.05 bits per heavy atom. The first-order valence-electron chi connectivity index (χ1n) is 6.52. The highest BCUT2D eigenvalue weighted by Crippen LogP contribution is 2.29. The van der Waals surface area contributed by atoms with Crippen LogP contribution < -0.4 is 16.0 Å². The molecule has 21 heavy (non-hydrogen) atoms. The molecule has 4 nitrogen and oxygen atoms in total. The molecule has 0 fully saturated rings. The van der Waals surface area contributed by atoms with Crippen molar-refractivity contribution >= 4 is 23.0 Å². The zero-order valence-electron chi connectivity index (χ0n) is 11.0. The Morgan fingerprint density at radius 2 is 1.86 bits per heavy atom. The number of hydrogen-bond acceptors (Lipinski definition) is 3. The highest BCUT2D eigenvalue weighted by atomic mass is 19.2. The van der Waals surface area contributed by atoms with E-state index in [4.69, 9.17) is 0 Å². The highest BCUT2D eigenvalue weighted by Gasteiger charge is 2.17. The summed E-state index contributed by atoms with van der Waals surface area (Å²) < 4.78 is 26.0. The van der Waals surface area contributed by atoms with Crippen molar-refractivity contribution < 1.29 is 13.6 Å². The second-order valence-electron chi connectivity index (χ2n) is 4.66. The third kappa shape index (κ3) is 2.65. The lowest BCUT2D eigenvalue weighted by Gasteiger charge is -2.22. The van der Waals surface area contributed by atoms with Crippen molar-refractivity contribution in [2.24, 2.45) is 0 Å². The molecule has 1 aliphatic rings. The quantitative estimate of drug-likeness (QED) is 0.796. The molecule has 6 heteroatoms. The number of carbonyl (C=O) groups is 1. The van der Waals surface area contributed by atoms with Crippen LogP contribution in [0.4, 0.5) is 25.8 Å². The molecule has 1 amide bonds. The molecule has 0 saturated heterocycles. The fourth-order valence-corrected chi connectivity index (χ4v) is 2.24. The first-order valence-corrected chi connectivity index (χ1v) is 6.52. The number of benzene rings is 2. The van der Waals surface area contributed by atoms with Crippen molar-refractivity contribution in [3.05, 3.63) is 53.6 Å². The summed E-state index contributed by atoms with van der Waals surface area (Å²) in [6, 6.07) is 8.56. The molecule has 1 aliphatic heterocycles. The van der Waals surface area contributed by atoms with Gasteiger partial charge >= 0.3 is 0 Å².